The number of ether oxygens (including phenoxy) is 1. The van der Waals surface area contributed by atoms with Crippen LogP contribution >= 0.6 is 0 Å². The van der Waals surface area contributed by atoms with Crippen LogP contribution in [-0.2, 0) is 22.6 Å². The van der Waals surface area contributed by atoms with Crippen LogP contribution in [-0.4, -0.2) is 56.6 Å². The van der Waals surface area contributed by atoms with E-state index < -0.39 is 16.7 Å². The summed E-state index contributed by atoms with van der Waals surface area (Å²) in [5.74, 6) is -0.932. The van der Waals surface area contributed by atoms with Crippen molar-refractivity contribution in [2.45, 2.75) is 26.9 Å². The maximum Gasteiger partial charge on any atom is 0.309 e. The standard InChI is InChI=1S/C15H21N7O5/c1-4-20-8-11(14(19-20)15(24)16-5-6-27-3)18-13(23)9-21-10(2)12(7-17-21)22(25)26/h7-8H,4-6,9H2,1-3H3,(H,16,24)(H,18,23). The number of nitro groups is 1. The number of anilines is 1. The molecule has 2 rings (SSSR count). The highest BCUT2D eigenvalue weighted by Gasteiger charge is 2.21. The lowest BCUT2D eigenvalue weighted by Gasteiger charge is -2.07. The maximum absolute atomic E-state index is 12.3. The molecular formula is C15H21N7O5. The molecule has 2 aromatic heterocycles. The lowest BCUT2D eigenvalue weighted by molar-refractivity contribution is -0.385. The van der Waals surface area contributed by atoms with E-state index in [1.165, 1.54) is 23.4 Å². The van der Waals surface area contributed by atoms with Gasteiger partial charge in [-0.25, -0.2) is 0 Å². The van der Waals surface area contributed by atoms with Crippen molar-refractivity contribution >= 4 is 23.2 Å². The Bertz CT molecular complexity index is 842. The average Bonchev–Trinajstić information content (AvgIpc) is 3.19. The Balaban J connectivity index is 2.11. The second-order valence-electron chi connectivity index (χ2n) is 5.57. The molecule has 0 aliphatic rings. The van der Waals surface area contributed by atoms with Crippen LogP contribution in [0.2, 0.25) is 0 Å². The van der Waals surface area contributed by atoms with Gasteiger partial charge < -0.3 is 15.4 Å². The summed E-state index contributed by atoms with van der Waals surface area (Å²) in [6.45, 7) is 4.27. The van der Waals surface area contributed by atoms with Gasteiger partial charge in [-0.1, -0.05) is 0 Å². The first-order valence-corrected chi connectivity index (χ1v) is 8.18. The third-order valence-electron chi connectivity index (χ3n) is 3.73. The molecular weight excluding hydrogens is 358 g/mol. The summed E-state index contributed by atoms with van der Waals surface area (Å²) >= 11 is 0. The van der Waals surface area contributed by atoms with E-state index in [-0.39, 0.29) is 29.3 Å². The number of amides is 2. The van der Waals surface area contributed by atoms with Crippen LogP contribution in [0.1, 0.15) is 23.1 Å². The second-order valence-corrected chi connectivity index (χ2v) is 5.57. The molecule has 12 nitrogen and oxygen atoms in total. The van der Waals surface area contributed by atoms with Gasteiger partial charge in [-0.15, -0.1) is 0 Å². The molecule has 0 aromatic carbocycles. The first-order chi connectivity index (χ1) is 12.9. The van der Waals surface area contributed by atoms with E-state index in [9.17, 15) is 19.7 Å². The van der Waals surface area contributed by atoms with Gasteiger partial charge >= 0.3 is 5.69 Å². The number of rotatable bonds is 9. The van der Waals surface area contributed by atoms with E-state index in [0.717, 1.165) is 6.20 Å². The zero-order valence-electron chi connectivity index (χ0n) is 15.3. The molecule has 2 heterocycles. The van der Waals surface area contributed by atoms with E-state index >= 15 is 0 Å². The van der Waals surface area contributed by atoms with Crippen LogP contribution in [0.5, 0.6) is 0 Å². The molecule has 0 bridgehead atoms. The summed E-state index contributed by atoms with van der Waals surface area (Å²) < 4.78 is 7.61. The number of nitrogens with one attached hydrogen (secondary N) is 2. The summed E-state index contributed by atoms with van der Waals surface area (Å²) in [5, 5.41) is 24.1. The highest BCUT2D eigenvalue weighted by atomic mass is 16.6. The van der Waals surface area contributed by atoms with Gasteiger partial charge in [-0.05, 0) is 13.8 Å². The predicted molar refractivity (Wildman–Crippen MR) is 94.4 cm³/mol. The molecule has 2 amide bonds. The van der Waals surface area contributed by atoms with E-state index in [1.807, 2.05) is 6.92 Å². The fourth-order valence-corrected chi connectivity index (χ4v) is 2.29. The zero-order valence-corrected chi connectivity index (χ0v) is 15.3. The number of aryl methyl sites for hydroxylation is 1. The van der Waals surface area contributed by atoms with E-state index in [4.69, 9.17) is 4.74 Å². The molecule has 0 saturated heterocycles. The van der Waals surface area contributed by atoms with Crippen LogP contribution in [0.15, 0.2) is 12.4 Å². The van der Waals surface area contributed by atoms with Crippen LogP contribution in [0.25, 0.3) is 0 Å². The molecule has 0 atom stereocenters. The van der Waals surface area contributed by atoms with Crippen LogP contribution < -0.4 is 10.6 Å². The highest BCUT2D eigenvalue weighted by molar-refractivity contribution is 6.02. The Morgan fingerprint density at radius 2 is 2.15 bits per heavy atom. The van der Waals surface area contributed by atoms with Crippen molar-refractivity contribution in [3.8, 4) is 0 Å². The normalized spacial score (nSPS) is 10.6. The Hall–Kier alpha value is -3.28. The molecule has 27 heavy (non-hydrogen) atoms. The van der Waals surface area contributed by atoms with Gasteiger partial charge in [-0.2, -0.15) is 10.2 Å². The third-order valence-corrected chi connectivity index (χ3v) is 3.73. The fourth-order valence-electron chi connectivity index (χ4n) is 2.29. The number of hydrogen-bond acceptors (Lipinski definition) is 7. The molecule has 0 radical (unpaired) electrons. The van der Waals surface area contributed by atoms with E-state index in [1.54, 1.807) is 6.20 Å². The first kappa shape index (κ1) is 20.0. The molecule has 2 N–H and O–H groups in total. The minimum Gasteiger partial charge on any atom is -0.383 e. The summed E-state index contributed by atoms with van der Waals surface area (Å²) in [6, 6.07) is 0. The Morgan fingerprint density at radius 1 is 1.41 bits per heavy atom. The summed E-state index contributed by atoms with van der Waals surface area (Å²) in [7, 11) is 1.52. The van der Waals surface area contributed by atoms with Crippen molar-refractivity contribution in [1.82, 2.24) is 24.9 Å². The van der Waals surface area contributed by atoms with Crippen molar-refractivity contribution in [2.75, 3.05) is 25.6 Å². The molecule has 146 valence electrons. The fraction of sp³-hybridized carbons (Fsp3) is 0.467. The van der Waals surface area contributed by atoms with Crippen molar-refractivity contribution in [1.29, 1.82) is 0 Å². The highest BCUT2D eigenvalue weighted by Crippen LogP contribution is 2.17. The number of methoxy groups -OCH3 is 1. The maximum atomic E-state index is 12.3. The minimum atomic E-state index is -0.565. The number of carbonyl (C=O) groups excluding carboxylic acids is 2. The molecule has 0 fully saturated rings. The van der Waals surface area contributed by atoms with Gasteiger partial charge in [0.1, 0.15) is 18.4 Å². The Morgan fingerprint density at radius 3 is 2.74 bits per heavy atom. The smallest absolute Gasteiger partial charge is 0.309 e. The monoisotopic (exact) mass is 379 g/mol. The third kappa shape index (κ3) is 4.88. The lowest BCUT2D eigenvalue weighted by atomic mass is 10.3. The van der Waals surface area contributed by atoms with Gasteiger partial charge in [0.15, 0.2) is 5.69 Å². The van der Waals surface area contributed by atoms with Gasteiger partial charge in [-0.3, -0.25) is 29.1 Å². The molecule has 0 aliphatic heterocycles. The van der Waals surface area contributed by atoms with Crippen molar-refractivity contribution in [3.63, 3.8) is 0 Å². The Labute approximate surface area is 154 Å². The molecule has 0 aliphatic carbocycles. The lowest BCUT2D eigenvalue weighted by Crippen LogP contribution is -2.29. The number of carbonyl (C=O) groups is 2. The first-order valence-electron chi connectivity index (χ1n) is 8.18. The van der Waals surface area contributed by atoms with Gasteiger partial charge in [0.25, 0.3) is 5.91 Å². The largest absolute Gasteiger partial charge is 0.383 e. The SMILES string of the molecule is CCn1cc(NC(=O)Cn2ncc([N+](=O)[O-])c2C)c(C(=O)NCCOC)n1. The topological polar surface area (TPSA) is 146 Å². The minimum absolute atomic E-state index is 0.0736. The second kappa shape index (κ2) is 8.89. The number of nitrogens with zero attached hydrogens (tertiary/aromatic N) is 5. The molecule has 2 aromatic rings. The zero-order chi connectivity index (χ0) is 20.0. The molecule has 12 heteroatoms. The Kier molecular flexibility index (Phi) is 6.60. The summed E-state index contributed by atoms with van der Waals surface area (Å²) in [6.07, 6.45) is 2.63. The van der Waals surface area contributed by atoms with Gasteiger partial charge in [0, 0.05) is 26.4 Å². The van der Waals surface area contributed by atoms with Crippen LogP contribution in [0.4, 0.5) is 11.4 Å². The summed E-state index contributed by atoms with van der Waals surface area (Å²) in [4.78, 5) is 34.9. The van der Waals surface area contributed by atoms with Crippen LogP contribution in [0, 0.1) is 17.0 Å². The van der Waals surface area contributed by atoms with Crippen molar-refractivity contribution in [3.05, 3.63) is 33.9 Å². The van der Waals surface area contributed by atoms with Crippen molar-refractivity contribution in [2.24, 2.45) is 0 Å². The van der Waals surface area contributed by atoms with Crippen molar-refractivity contribution < 1.29 is 19.2 Å². The van der Waals surface area contributed by atoms with Gasteiger partial charge in [0.2, 0.25) is 5.91 Å². The average molecular weight is 379 g/mol. The van der Waals surface area contributed by atoms with Crippen LogP contribution in [0.3, 0.4) is 0 Å². The quantitative estimate of drug-likeness (QED) is 0.362. The molecule has 0 unspecified atom stereocenters. The van der Waals surface area contributed by atoms with E-state index in [0.29, 0.717) is 19.7 Å². The van der Waals surface area contributed by atoms with E-state index in [2.05, 4.69) is 20.8 Å². The molecule has 0 spiro atoms. The van der Waals surface area contributed by atoms with Gasteiger partial charge in [0.05, 0.1) is 17.2 Å². The molecule has 0 saturated carbocycles. The summed E-state index contributed by atoms with van der Waals surface area (Å²) in [5.41, 5.74) is 0.414. The predicted octanol–water partition coefficient (Wildman–Crippen LogP) is 0.331. The number of hydrogen-bond donors (Lipinski definition) is 2. The number of aromatic nitrogens is 4.